The Morgan fingerprint density at radius 1 is 1.15 bits per heavy atom. The van der Waals surface area contributed by atoms with E-state index in [0.29, 0.717) is 28.5 Å². The number of aromatic nitrogens is 3. The molecule has 1 amide bonds. The molecule has 0 spiro atoms. The standard InChI is InChI=1S/C26H25ClFN5O5S/c1-4-15(24(34)29-2)13-33-14-31-21-7-5-16(9-19(21)26(33)35)17-10-22(25(38-3)30-12-17)32-39(36,37)23-8-6-18(28)11-20(23)27/h5-12,14-15,32H,4,13H2,1-3H3,(H,29,34). The SMILES string of the molecule is CCC(Cn1cnc2ccc(-c3cnc(OC)c(NS(=O)(=O)c4ccc(F)cc4Cl)c3)cc2c1=O)C(=O)NC. The van der Waals surface area contributed by atoms with Crippen molar-refractivity contribution in [1.29, 1.82) is 0 Å². The number of hydrogen-bond donors (Lipinski definition) is 2. The first-order valence-electron chi connectivity index (χ1n) is 11.8. The van der Waals surface area contributed by atoms with Gasteiger partial charge in [-0.15, -0.1) is 0 Å². The molecular formula is C26H25ClFN5O5S. The summed E-state index contributed by atoms with van der Waals surface area (Å²) in [5, 5.41) is 2.64. The molecule has 4 rings (SSSR count). The molecule has 0 saturated carbocycles. The summed E-state index contributed by atoms with van der Waals surface area (Å²) in [4.78, 5) is 33.6. The normalized spacial score (nSPS) is 12.2. The van der Waals surface area contributed by atoms with E-state index in [2.05, 4.69) is 20.0 Å². The molecule has 1 unspecified atom stereocenters. The third kappa shape index (κ3) is 5.86. The molecule has 2 aromatic heterocycles. The molecule has 0 radical (unpaired) electrons. The first-order valence-corrected chi connectivity index (χ1v) is 13.7. The molecular weight excluding hydrogens is 549 g/mol. The zero-order chi connectivity index (χ0) is 28.3. The lowest BCUT2D eigenvalue weighted by Crippen LogP contribution is -2.33. The van der Waals surface area contributed by atoms with E-state index in [1.807, 2.05) is 6.92 Å². The topological polar surface area (TPSA) is 132 Å². The molecule has 204 valence electrons. The second-order valence-corrected chi connectivity index (χ2v) is 10.7. The number of carbonyl (C=O) groups is 1. The van der Waals surface area contributed by atoms with Gasteiger partial charge >= 0.3 is 0 Å². The number of amides is 1. The van der Waals surface area contributed by atoms with Crippen molar-refractivity contribution in [2.75, 3.05) is 18.9 Å². The summed E-state index contributed by atoms with van der Waals surface area (Å²) in [5.41, 5.74) is 1.19. The Hall–Kier alpha value is -4.03. The van der Waals surface area contributed by atoms with Crippen molar-refractivity contribution in [3.63, 3.8) is 0 Å². The van der Waals surface area contributed by atoms with Gasteiger partial charge in [0, 0.05) is 25.4 Å². The van der Waals surface area contributed by atoms with Gasteiger partial charge < -0.3 is 10.1 Å². The first kappa shape index (κ1) is 28.0. The largest absolute Gasteiger partial charge is 0.480 e. The molecule has 0 aliphatic rings. The number of nitrogens with one attached hydrogen (secondary N) is 2. The van der Waals surface area contributed by atoms with Crippen molar-refractivity contribution in [3.05, 3.63) is 76.2 Å². The molecule has 1 atom stereocenters. The highest BCUT2D eigenvalue weighted by atomic mass is 35.5. The van der Waals surface area contributed by atoms with Gasteiger partial charge in [-0.1, -0.05) is 24.6 Å². The Kier molecular flexibility index (Phi) is 8.17. The van der Waals surface area contributed by atoms with E-state index in [1.54, 1.807) is 25.2 Å². The number of nitrogens with zero attached hydrogens (tertiary/aromatic N) is 3. The summed E-state index contributed by atoms with van der Waals surface area (Å²) in [6.45, 7) is 2.04. The number of halogens is 2. The van der Waals surface area contributed by atoms with Crippen molar-refractivity contribution in [1.82, 2.24) is 19.9 Å². The third-order valence-electron chi connectivity index (χ3n) is 6.16. The summed E-state index contributed by atoms with van der Waals surface area (Å²) in [6.07, 6.45) is 3.43. The van der Waals surface area contributed by atoms with E-state index < -0.39 is 21.8 Å². The molecule has 2 heterocycles. The molecule has 2 aromatic carbocycles. The lowest BCUT2D eigenvalue weighted by atomic mass is 10.0. The first-order chi connectivity index (χ1) is 18.6. The molecule has 0 aliphatic carbocycles. The van der Waals surface area contributed by atoms with Crippen LogP contribution in [0, 0.1) is 11.7 Å². The number of methoxy groups -OCH3 is 1. The Morgan fingerprint density at radius 2 is 1.92 bits per heavy atom. The minimum absolute atomic E-state index is 0.00909. The Morgan fingerprint density at radius 3 is 2.59 bits per heavy atom. The number of carbonyl (C=O) groups excluding carboxylic acids is 1. The molecule has 0 saturated heterocycles. The quantitative estimate of drug-likeness (QED) is 0.311. The van der Waals surface area contributed by atoms with Gasteiger partial charge in [-0.25, -0.2) is 22.8 Å². The van der Waals surface area contributed by atoms with Gasteiger partial charge in [-0.2, -0.15) is 0 Å². The zero-order valence-corrected chi connectivity index (χ0v) is 22.8. The van der Waals surface area contributed by atoms with Crippen molar-refractivity contribution >= 4 is 44.1 Å². The van der Waals surface area contributed by atoms with Gasteiger partial charge in [-0.05, 0) is 48.4 Å². The smallest absolute Gasteiger partial charge is 0.263 e. The summed E-state index contributed by atoms with van der Waals surface area (Å²) < 4.78 is 48.5. The van der Waals surface area contributed by atoms with Crippen LogP contribution in [0.5, 0.6) is 5.88 Å². The van der Waals surface area contributed by atoms with E-state index in [9.17, 15) is 22.4 Å². The van der Waals surface area contributed by atoms with E-state index in [1.165, 1.54) is 30.3 Å². The number of pyridine rings is 1. The van der Waals surface area contributed by atoms with Crippen LogP contribution in [-0.4, -0.2) is 43.0 Å². The van der Waals surface area contributed by atoms with Gasteiger partial charge in [-0.3, -0.25) is 18.9 Å². The number of benzene rings is 2. The number of hydrogen-bond acceptors (Lipinski definition) is 7. The highest BCUT2D eigenvalue weighted by molar-refractivity contribution is 7.92. The summed E-state index contributed by atoms with van der Waals surface area (Å²) in [7, 11) is -1.35. The van der Waals surface area contributed by atoms with Crippen LogP contribution in [0.2, 0.25) is 5.02 Å². The molecule has 0 bridgehead atoms. The van der Waals surface area contributed by atoms with Crippen molar-refractivity contribution in [2.24, 2.45) is 5.92 Å². The van der Waals surface area contributed by atoms with Crippen molar-refractivity contribution in [2.45, 2.75) is 24.8 Å². The van der Waals surface area contributed by atoms with Crippen LogP contribution in [0.4, 0.5) is 10.1 Å². The Labute approximate surface area is 228 Å². The fourth-order valence-electron chi connectivity index (χ4n) is 4.05. The number of rotatable bonds is 9. The fraction of sp³-hybridized carbons (Fsp3) is 0.231. The predicted molar refractivity (Wildman–Crippen MR) is 146 cm³/mol. The molecule has 13 heteroatoms. The van der Waals surface area contributed by atoms with Gasteiger partial charge in [0.2, 0.25) is 11.8 Å². The maximum atomic E-state index is 13.4. The molecule has 10 nitrogen and oxygen atoms in total. The minimum atomic E-state index is -4.23. The van der Waals surface area contributed by atoms with Crippen LogP contribution in [0.15, 0.2) is 64.7 Å². The Balaban J connectivity index is 1.73. The van der Waals surface area contributed by atoms with Gasteiger partial charge in [0.1, 0.15) is 16.4 Å². The Bertz CT molecular complexity index is 1730. The van der Waals surface area contributed by atoms with E-state index in [0.717, 1.165) is 18.2 Å². The maximum absolute atomic E-state index is 13.4. The van der Waals surface area contributed by atoms with E-state index in [4.69, 9.17) is 16.3 Å². The average Bonchev–Trinajstić information content (AvgIpc) is 2.91. The molecule has 0 aliphatic heterocycles. The van der Waals surface area contributed by atoms with Crippen LogP contribution in [0.1, 0.15) is 13.3 Å². The molecule has 4 aromatic rings. The zero-order valence-electron chi connectivity index (χ0n) is 21.2. The molecule has 0 fully saturated rings. The number of anilines is 1. The highest BCUT2D eigenvalue weighted by Crippen LogP contribution is 2.32. The van der Waals surface area contributed by atoms with Crippen molar-refractivity contribution in [3.8, 4) is 17.0 Å². The van der Waals surface area contributed by atoms with Crippen LogP contribution >= 0.6 is 11.6 Å². The second kappa shape index (κ2) is 11.4. The van der Waals surface area contributed by atoms with Gasteiger partial charge in [0.15, 0.2) is 0 Å². The van der Waals surface area contributed by atoms with Gasteiger partial charge in [0.25, 0.3) is 15.6 Å². The summed E-state index contributed by atoms with van der Waals surface area (Å²) >= 11 is 5.96. The lowest BCUT2D eigenvalue weighted by Gasteiger charge is -2.15. The van der Waals surface area contributed by atoms with Crippen LogP contribution < -0.4 is 20.3 Å². The third-order valence-corrected chi connectivity index (χ3v) is 8.01. The summed E-state index contributed by atoms with van der Waals surface area (Å²) in [5.74, 6) is -1.25. The second-order valence-electron chi connectivity index (χ2n) is 8.61. The predicted octanol–water partition coefficient (Wildman–Crippen LogP) is 3.83. The molecule has 39 heavy (non-hydrogen) atoms. The van der Waals surface area contributed by atoms with Gasteiger partial charge in [0.05, 0.1) is 35.3 Å². The number of ether oxygens (including phenoxy) is 1. The average molecular weight is 574 g/mol. The number of fused-ring (bicyclic) bond motifs is 1. The summed E-state index contributed by atoms with van der Waals surface area (Å²) in [6, 6.07) is 9.44. The van der Waals surface area contributed by atoms with Crippen LogP contribution in [0.3, 0.4) is 0 Å². The van der Waals surface area contributed by atoms with E-state index in [-0.39, 0.29) is 39.5 Å². The monoisotopic (exact) mass is 573 g/mol. The number of sulfonamides is 1. The fourth-order valence-corrected chi connectivity index (χ4v) is 5.63. The highest BCUT2D eigenvalue weighted by Gasteiger charge is 2.22. The maximum Gasteiger partial charge on any atom is 0.263 e. The van der Waals surface area contributed by atoms with Crippen molar-refractivity contribution < 1.29 is 22.3 Å². The molecule has 2 N–H and O–H groups in total. The van der Waals surface area contributed by atoms with E-state index >= 15 is 0 Å². The van der Waals surface area contributed by atoms with Crippen LogP contribution in [-0.2, 0) is 21.4 Å². The lowest BCUT2D eigenvalue weighted by molar-refractivity contribution is -0.125. The minimum Gasteiger partial charge on any atom is -0.480 e. The van der Waals surface area contributed by atoms with Crippen LogP contribution in [0.25, 0.3) is 22.0 Å².